The molecule has 2 aliphatic heterocycles. The van der Waals surface area contributed by atoms with Crippen LogP contribution in [0, 0.1) is 5.92 Å². The van der Waals surface area contributed by atoms with Crippen LogP contribution >= 0.6 is 0 Å². The Morgan fingerprint density at radius 3 is 3.04 bits per heavy atom. The number of aromatic amines is 1. The van der Waals surface area contributed by atoms with Crippen LogP contribution < -0.4 is 4.74 Å². The number of H-pyrrole nitrogens is 1. The second-order valence-corrected chi connectivity index (χ2v) is 7.35. The van der Waals surface area contributed by atoms with Crippen LogP contribution in [0.15, 0.2) is 24.3 Å². The number of hydrogen-bond acceptors (Lipinski definition) is 4. The predicted molar refractivity (Wildman–Crippen MR) is 99.9 cm³/mol. The number of nitrogens with one attached hydrogen (secondary N) is 1. The molecule has 6 nitrogen and oxygen atoms in total. The lowest BCUT2D eigenvalue weighted by atomic mass is 9.96. The number of imidazole rings is 1. The maximum atomic E-state index is 12.9. The fraction of sp³-hybridized carbons (Fsp3) is 0.500. The lowest BCUT2D eigenvalue weighted by Crippen LogP contribution is -2.45. The van der Waals surface area contributed by atoms with Crippen LogP contribution in [0.4, 0.5) is 0 Å². The molecule has 6 heteroatoms. The molecule has 1 aromatic carbocycles. The third-order valence-electron chi connectivity index (χ3n) is 5.46. The molecule has 0 saturated carbocycles. The van der Waals surface area contributed by atoms with Crippen molar-refractivity contribution in [3.63, 3.8) is 0 Å². The maximum absolute atomic E-state index is 12.9. The number of piperidine rings is 1. The molecule has 0 spiro atoms. The average Bonchev–Trinajstić information content (AvgIpc) is 3.11. The normalized spacial score (nSPS) is 20.7. The van der Waals surface area contributed by atoms with Crippen molar-refractivity contribution >= 4 is 5.91 Å². The number of methoxy groups -OCH3 is 1. The molecule has 1 atom stereocenters. The number of carbonyl (C=O) groups is 1. The van der Waals surface area contributed by atoms with Gasteiger partial charge >= 0.3 is 0 Å². The van der Waals surface area contributed by atoms with Gasteiger partial charge in [0.05, 0.1) is 31.0 Å². The van der Waals surface area contributed by atoms with E-state index in [2.05, 4.69) is 16.9 Å². The standard InChI is InChI=1S/C20H26N4O2/c1-23-9-4-6-15(12-23)20(25)24-10-8-17-18(13-24)22-19(21-17)14-5-3-7-16(11-14)26-2/h3,5,7,11,15H,4,6,8-10,12-13H2,1-2H3,(H,21,22)/t15-/m0/s1. The first-order valence-corrected chi connectivity index (χ1v) is 9.33. The molecule has 2 aromatic rings. The van der Waals surface area contributed by atoms with Gasteiger partial charge in [-0.05, 0) is 38.6 Å². The number of benzene rings is 1. The molecule has 0 bridgehead atoms. The first kappa shape index (κ1) is 17.1. The van der Waals surface area contributed by atoms with Gasteiger partial charge in [-0.1, -0.05) is 12.1 Å². The van der Waals surface area contributed by atoms with Crippen molar-refractivity contribution in [2.75, 3.05) is 33.8 Å². The zero-order valence-electron chi connectivity index (χ0n) is 15.5. The molecule has 138 valence electrons. The lowest BCUT2D eigenvalue weighted by molar-refractivity contribution is -0.138. The van der Waals surface area contributed by atoms with E-state index in [1.807, 2.05) is 29.2 Å². The summed E-state index contributed by atoms with van der Waals surface area (Å²) in [7, 11) is 3.77. The second kappa shape index (κ2) is 7.11. The Morgan fingerprint density at radius 2 is 2.23 bits per heavy atom. The van der Waals surface area contributed by atoms with Gasteiger partial charge < -0.3 is 19.5 Å². The smallest absolute Gasteiger partial charge is 0.227 e. The Balaban J connectivity index is 1.50. The molecule has 2 aliphatic rings. The number of nitrogens with zero attached hydrogens (tertiary/aromatic N) is 3. The van der Waals surface area contributed by atoms with Crippen molar-refractivity contribution in [3.8, 4) is 17.1 Å². The molecule has 4 rings (SSSR count). The molecule has 1 N–H and O–H groups in total. The highest BCUT2D eigenvalue weighted by Crippen LogP contribution is 2.27. The van der Waals surface area contributed by atoms with Crippen molar-refractivity contribution in [1.82, 2.24) is 19.8 Å². The van der Waals surface area contributed by atoms with E-state index in [0.29, 0.717) is 12.5 Å². The molecule has 1 saturated heterocycles. The molecule has 26 heavy (non-hydrogen) atoms. The number of carbonyl (C=O) groups excluding carboxylic acids is 1. The second-order valence-electron chi connectivity index (χ2n) is 7.35. The van der Waals surface area contributed by atoms with Crippen LogP contribution in [0.2, 0.25) is 0 Å². The highest BCUT2D eigenvalue weighted by Gasteiger charge is 2.31. The number of hydrogen-bond donors (Lipinski definition) is 1. The summed E-state index contributed by atoms with van der Waals surface area (Å²) in [5.74, 6) is 2.09. The Morgan fingerprint density at radius 1 is 1.35 bits per heavy atom. The van der Waals surface area contributed by atoms with E-state index in [1.165, 1.54) is 0 Å². The van der Waals surface area contributed by atoms with Crippen LogP contribution in [0.1, 0.15) is 24.2 Å². The van der Waals surface area contributed by atoms with Crippen molar-refractivity contribution < 1.29 is 9.53 Å². The Labute approximate surface area is 154 Å². The molecule has 1 amide bonds. The van der Waals surface area contributed by atoms with Gasteiger partial charge in [0.15, 0.2) is 0 Å². The minimum absolute atomic E-state index is 0.135. The zero-order chi connectivity index (χ0) is 18.1. The quantitative estimate of drug-likeness (QED) is 0.919. The fourth-order valence-corrected chi connectivity index (χ4v) is 4.02. The number of ether oxygens (including phenoxy) is 1. The SMILES string of the molecule is COc1cccc(-c2nc3c([nH]2)CN(C(=O)[C@H]2CCCN(C)C2)CC3)c1. The van der Waals surface area contributed by atoms with E-state index in [4.69, 9.17) is 9.72 Å². The number of aromatic nitrogens is 2. The monoisotopic (exact) mass is 354 g/mol. The number of fused-ring (bicyclic) bond motifs is 1. The summed E-state index contributed by atoms with van der Waals surface area (Å²) < 4.78 is 5.30. The summed E-state index contributed by atoms with van der Waals surface area (Å²) in [6.45, 7) is 3.36. The van der Waals surface area contributed by atoms with E-state index in [-0.39, 0.29) is 5.92 Å². The van der Waals surface area contributed by atoms with Crippen LogP contribution in [-0.4, -0.2) is 59.5 Å². The van der Waals surface area contributed by atoms with Gasteiger partial charge in [-0.25, -0.2) is 4.98 Å². The van der Waals surface area contributed by atoms with Crippen LogP contribution in [-0.2, 0) is 17.8 Å². The first-order chi connectivity index (χ1) is 12.6. The highest BCUT2D eigenvalue weighted by molar-refractivity contribution is 5.79. The van der Waals surface area contributed by atoms with Gasteiger partial charge in [-0.2, -0.15) is 0 Å². The van der Waals surface area contributed by atoms with Crippen molar-refractivity contribution in [1.29, 1.82) is 0 Å². The Kier molecular flexibility index (Phi) is 4.68. The molecular weight excluding hydrogens is 328 g/mol. The van der Waals surface area contributed by atoms with E-state index in [0.717, 1.165) is 67.4 Å². The maximum Gasteiger partial charge on any atom is 0.227 e. The van der Waals surface area contributed by atoms with E-state index < -0.39 is 0 Å². The third-order valence-corrected chi connectivity index (χ3v) is 5.46. The lowest BCUT2D eigenvalue weighted by Gasteiger charge is -2.34. The van der Waals surface area contributed by atoms with Crippen LogP contribution in [0.5, 0.6) is 5.75 Å². The highest BCUT2D eigenvalue weighted by atomic mass is 16.5. The van der Waals surface area contributed by atoms with E-state index in [1.54, 1.807) is 7.11 Å². The molecule has 1 aromatic heterocycles. The van der Waals surface area contributed by atoms with Crippen molar-refractivity contribution in [2.45, 2.75) is 25.8 Å². The number of amides is 1. The summed E-state index contributed by atoms with van der Waals surface area (Å²) >= 11 is 0. The Hall–Kier alpha value is -2.34. The van der Waals surface area contributed by atoms with Crippen molar-refractivity contribution in [3.05, 3.63) is 35.7 Å². The summed E-state index contributed by atoms with van der Waals surface area (Å²) in [4.78, 5) is 25.4. The Bertz CT molecular complexity index is 801. The van der Waals surface area contributed by atoms with Gasteiger partial charge in [-0.15, -0.1) is 0 Å². The minimum atomic E-state index is 0.135. The van der Waals surface area contributed by atoms with Gasteiger partial charge in [0, 0.05) is 25.1 Å². The summed E-state index contributed by atoms with van der Waals surface area (Å²) in [5, 5.41) is 0. The van der Waals surface area contributed by atoms with Gasteiger partial charge in [0.2, 0.25) is 5.91 Å². The van der Waals surface area contributed by atoms with Crippen molar-refractivity contribution in [2.24, 2.45) is 5.92 Å². The number of likely N-dealkylation sites (tertiary alicyclic amines) is 1. The summed E-state index contributed by atoms with van der Waals surface area (Å²) in [5.41, 5.74) is 3.14. The van der Waals surface area contributed by atoms with Crippen LogP contribution in [0.25, 0.3) is 11.4 Å². The summed E-state index contributed by atoms with van der Waals surface area (Å²) in [6, 6.07) is 7.89. The first-order valence-electron chi connectivity index (χ1n) is 9.33. The molecule has 1 fully saturated rings. The van der Waals surface area contributed by atoms with E-state index in [9.17, 15) is 4.79 Å². The average molecular weight is 354 g/mol. The molecule has 0 radical (unpaired) electrons. The summed E-state index contributed by atoms with van der Waals surface area (Å²) in [6.07, 6.45) is 2.92. The third kappa shape index (κ3) is 3.33. The van der Waals surface area contributed by atoms with Gasteiger partial charge in [0.1, 0.15) is 11.6 Å². The minimum Gasteiger partial charge on any atom is -0.497 e. The fourth-order valence-electron chi connectivity index (χ4n) is 4.02. The van der Waals surface area contributed by atoms with E-state index >= 15 is 0 Å². The zero-order valence-corrected chi connectivity index (χ0v) is 15.5. The molecule has 3 heterocycles. The topological polar surface area (TPSA) is 61.5 Å². The van der Waals surface area contributed by atoms with Crippen LogP contribution in [0.3, 0.4) is 0 Å². The van der Waals surface area contributed by atoms with Gasteiger partial charge in [0.25, 0.3) is 0 Å². The number of rotatable bonds is 3. The molecular formula is C20H26N4O2. The predicted octanol–water partition coefficient (Wildman–Crippen LogP) is 2.31. The molecule has 0 unspecified atom stereocenters. The molecule has 0 aliphatic carbocycles. The largest absolute Gasteiger partial charge is 0.497 e. The van der Waals surface area contributed by atoms with Gasteiger partial charge in [-0.3, -0.25) is 4.79 Å².